The second kappa shape index (κ2) is 2.98. The van der Waals surface area contributed by atoms with Crippen molar-refractivity contribution in [1.82, 2.24) is 5.32 Å². The Morgan fingerprint density at radius 1 is 0.889 bits per heavy atom. The largest absolute Gasteiger partial charge is 0.456 e. The summed E-state index contributed by atoms with van der Waals surface area (Å²) >= 11 is 0. The fourth-order valence-electron chi connectivity index (χ4n) is 2.47. The van der Waals surface area contributed by atoms with Crippen LogP contribution >= 0.6 is 0 Å². The van der Waals surface area contributed by atoms with Crippen molar-refractivity contribution in [2.45, 2.75) is 0 Å². The highest BCUT2D eigenvalue weighted by Crippen LogP contribution is 2.34. The maximum absolute atomic E-state index is 11.9. The van der Waals surface area contributed by atoms with Crippen LogP contribution in [0.4, 0.5) is 0 Å². The third kappa shape index (κ3) is 0.996. The van der Waals surface area contributed by atoms with Crippen LogP contribution in [0.3, 0.4) is 0 Å². The smallest absolute Gasteiger partial charge is 0.259 e. The number of carbonyl (C=O) groups is 2. The lowest BCUT2D eigenvalue weighted by Gasteiger charge is -1.95. The molecule has 0 atom stereocenters. The molecule has 1 aliphatic rings. The third-order valence-electron chi connectivity index (χ3n) is 3.24. The van der Waals surface area contributed by atoms with Gasteiger partial charge in [0.2, 0.25) is 0 Å². The number of amides is 2. The molecule has 1 N–H and O–H groups in total. The summed E-state index contributed by atoms with van der Waals surface area (Å²) in [5, 5.41) is 3.88. The molecular formula is C14H7NO3. The Kier molecular flexibility index (Phi) is 1.56. The van der Waals surface area contributed by atoms with Crippen molar-refractivity contribution < 1.29 is 14.0 Å². The molecule has 0 saturated heterocycles. The SMILES string of the molecule is O=C1NC(=O)c2c1ccc1oc3ccccc3c21. The molecule has 0 unspecified atom stereocenters. The van der Waals surface area contributed by atoms with Gasteiger partial charge in [0, 0.05) is 10.8 Å². The molecule has 0 fully saturated rings. The van der Waals surface area contributed by atoms with Crippen LogP contribution in [0.15, 0.2) is 40.8 Å². The van der Waals surface area contributed by atoms with E-state index >= 15 is 0 Å². The number of fused-ring (bicyclic) bond motifs is 5. The minimum Gasteiger partial charge on any atom is -0.456 e. The first-order valence-corrected chi connectivity index (χ1v) is 5.55. The lowest BCUT2D eigenvalue weighted by atomic mass is 10.0. The van der Waals surface area contributed by atoms with E-state index in [9.17, 15) is 9.59 Å². The number of imide groups is 1. The van der Waals surface area contributed by atoms with Crippen molar-refractivity contribution in [3.05, 3.63) is 47.5 Å². The lowest BCUT2D eigenvalue weighted by Crippen LogP contribution is -2.19. The summed E-state index contributed by atoms with van der Waals surface area (Å²) in [7, 11) is 0. The van der Waals surface area contributed by atoms with Gasteiger partial charge in [-0.3, -0.25) is 14.9 Å². The number of carbonyl (C=O) groups excluding carboxylic acids is 2. The van der Waals surface area contributed by atoms with Crippen LogP contribution in [-0.4, -0.2) is 11.8 Å². The first-order valence-electron chi connectivity index (χ1n) is 5.55. The van der Waals surface area contributed by atoms with E-state index < -0.39 is 0 Å². The summed E-state index contributed by atoms with van der Waals surface area (Å²) < 4.78 is 5.67. The van der Waals surface area contributed by atoms with Gasteiger partial charge in [-0.05, 0) is 18.2 Å². The van der Waals surface area contributed by atoms with Gasteiger partial charge in [0.25, 0.3) is 11.8 Å². The van der Waals surface area contributed by atoms with E-state index in [-0.39, 0.29) is 11.8 Å². The number of rotatable bonds is 0. The van der Waals surface area contributed by atoms with Crippen molar-refractivity contribution in [3.8, 4) is 0 Å². The van der Waals surface area contributed by atoms with Crippen molar-refractivity contribution in [3.63, 3.8) is 0 Å². The molecule has 0 radical (unpaired) electrons. The number of nitrogens with one attached hydrogen (secondary N) is 1. The predicted molar refractivity (Wildman–Crippen MR) is 65.5 cm³/mol. The molecule has 4 rings (SSSR count). The van der Waals surface area contributed by atoms with Gasteiger partial charge < -0.3 is 4.42 Å². The Balaban J connectivity index is 2.29. The fourth-order valence-corrected chi connectivity index (χ4v) is 2.47. The lowest BCUT2D eigenvalue weighted by molar-refractivity contribution is 0.0880. The minimum absolute atomic E-state index is 0.345. The topological polar surface area (TPSA) is 59.3 Å². The van der Waals surface area contributed by atoms with Crippen molar-refractivity contribution in [2.24, 2.45) is 0 Å². The third-order valence-corrected chi connectivity index (χ3v) is 3.24. The molecule has 0 spiro atoms. The monoisotopic (exact) mass is 237 g/mol. The maximum Gasteiger partial charge on any atom is 0.259 e. The van der Waals surface area contributed by atoms with E-state index in [4.69, 9.17) is 4.42 Å². The Morgan fingerprint density at radius 2 is 1.72 bits per heavy atom. The van der Waals surface area contributed by atoms with Gasteiger partial charge >= 0.3 is 0 Å². The van der Waals surface area contributed by atoms with E-state index in [0.29, 0.717) is 27.7 Å². The first-order chi connectivity index (χ1) is 8.75. The standard InChI is InChI=1S/C14H7NO3/c16-13-8-5-6-10-11(12(8)14(17)15-13)7-3-1-2-4-9(7)18-10/h1-6H,(H,15,16,17). The second-order valence-corrected chi connectivity index (χ2v) is 4.24. The molecule has 0 aliphatic carbocycles. The van der Waals surface area contributed by atoms with Gasteiger partial charge in [0.15, 0.2) is 0 Å². The van der Waals surface area contributed by atoms with Crippen LogP contribution in [-0.2, 0) is 0 Å². The summed E-state index contributed by atoms with van der Waals surface area (Å²) in [5.74, 6) is -0.700. The molecule has 2 amide bonds. The second-order valence-electron chi connectivity index (χ2n) is 4.24. The normalized spacial score (nSPS) is 14.2. The number of hydrogen-bond donors (Lipinski definition) is 1. The van der Waals surface area contributed by atoms with Crippen LogP contribution in [0.25, 0.3) is 21.9 Å². The van der Waals surface area contributed by atoms with Gasteiger partial charge in [-0.1, -0.05) is 18.2 Å². The Hall–Kier alpha value is -2.62. The molecule has 2 heterocycles. The zero-order valence-corrected chi connectivity index (χ0v) is 9.19. The van der Waals surface area contributed by atoms with Gasteiger partial charge in [-0.2, -0.15) is 0 Å². The first kappa shape index (κ1) is 9.41. The molecule has 0 bridgehead atoms. The van der Waals surface area contributed by atoms with Crippen LogP contribution in [0.1, 0.15) is 20.7 Å². The molecule has 2 aromatic carbocycles. The molecule has 1 aromatic heterocycles. The average molecular weight is 237 g/mol. The quantitative estimate of drug-likeness (QED) is 0.611. The highest BCUT2D eigenvalue weighted by Gasteiger charge is 2.30. The molecule has 3 aromatic rings. The Bertz CT molecular complexity index is 845. The van der Waals surface area contributed by atoms with Crippen molar-refractivity contribution in [2.75, 3.05) is 0 Å². The van der Waals surface area contributed by atoms with Crippen molar-refractivity contribution >= 4 is 33.8 Å². The zero-order valence-electron chi connectivity index (χ0n) is 9.19. The molecule has 18 heavy (non-hydrogen) atoms. The maximum atomic E-state index is 11.9. The van der Waals surface area contributed by atoms with E-state index in [2.05, 4.69) is 5.32 Å². The molecule has 0 saturated carbocycles. The average Bonchev–Trinajstić information content (AvgIpc) is 2.87. The van der Waals surface area contributed by atoms with Gasteiger partial charge in [0.05, 0.1) is 11.1 Å². The molecule has 1 aliphatic heterocycles. The van der Waals surface area contributed by atoms with E-state index in [1.807, 2.05) is 24.3 Å². The molecular weight excluding hydrogens is 230 g/mol. The molecule has 86 valence electrons. The summed E-state index contributed by atoms with van der Waals surface area (Å²) in [6, 6.07) is 10.8. The summed E-state index contributed by atoms with van der Waals surface area (Å²) in [4.78, 5) is 23.5. The zero-order chi connectivity index (χ0) is 12.3. The highest BCUT2D eigenvalue weighted by molar-refractivity contribution is 6.29. The van der Waals surface area contributed by atoms with Crippen LogP contribution in [0.5, 0.6) is 0 Å². The summed E-state index contributed by atoms with van der Waals surface area (Å²) in [5.41, 5.74) is 2.18. The van der Waals surface area contributed by atoms with Gasteiger partial charge in [-0.15, -0.1) is 0 Å². The fraction of sp³-hybridized carbons (Fsp3) is 0. The summed E-state index contributed by atoms with van der Waals surface area (Å²) in [6.45, 7) is 0. The Labute approximate surface area is 101 Å². The number of para-hydroxylation sites is 1. The minimum atomic E-state index is -0.354. The van der Waals surface area contributed by atoms with Gasteiger partial charge in [-0.25, -0.2) is 0 Å². The predicted octanol–water partition coefficient (Wildman–Crippen LogP) is 2.47. The van der Waals surface area contributed by atoms with Crippen LogP contribution < -0.4 is 5.32 Å². The van der Waals surface area contributed by atoms with E-state index in [0.717, 1.165) is 5.39 Å². The van der Waals surface area contributed by atoms with Crippen molar-refractivity contribution in [1.29, 1.82) is 0 Å². The number of hydrogen-bond acceptors (Lipinski definition) is 3. The van der Waals surface area contributed by atoms with E-state index in [1.165, 1.54) is 0 Å². The van der Waals surface area contributed by atoms with Gasteiger partial charge in [0.1, 0.15) is 11.2 Å². The van der Waals surface area contributed by atoms with Crippen LogP contribution in [0.2, 0.25) is 0 Å². The summed E-state index contributed by atoms with van der Waals surface area (Å²) in [6.07, 6.45) is 0. The Morgan fingerprint density at radius 3 is 2.61 bits per heavy atom. The highest BCUT2D eigenvalue weighted by atomic mass is 16.3. The van der Waals surface area contributed by atoms with Crippen LogP contribution in [0, 0.1) is 0 Å². The van der Waals surface area contributed by atoms with E-state index in [1.54, 1.807) is 12.1 Å². The number of benzene rings is 2. The molecule has 4 nitrogen and oxygen atoms in total. The molecule has 4 heteroatoms. The number of furan rings is 1.